The molecule has 4 rings (SSSR count). The molecule has 0 aliphatic rings. The van der Waals surface area contributed by atoms with Crippen molar-refractivity contribution < 1.29 is 17.6 Å². The quantitative estimate of drug-likeness (QED) is 0.358. The van der Waals surface area contributed by atoms with Gasteiger partial charge in [0, 0.05) is 22.3 Å². The Morgan fingerprint density at radius 2 is 1.83 bits per heavy atom. The number of aromatic nitrogens is 3. The second-order valence-corrected chi connectivity index (χ2v) is 8.82. The van der Waals surface area contributed by atoms with Crippen LogP contribution >= 0.6 is 15.9 Å². The lowest BCUT2D eigenvalue weighted by Crippen LogP contribution is -2.12. The highest BCUT2D eigenvalue weighted by Gasteiger charge is 2.26. The van der Waals surface area contributed by atoms with Gasteiger partial charge >= 0.3 is 0 Å². The van der Waals surface area contributed by atoms with Gasteiger partial charge in [0.2, 0.25) is 5.95 Å². The summed E-state index contributed by atoms with van der Waals surface area (Å²) in [4.78, 5) is 20.7. The smallest absolute Gasteiger partial charge is 0.269 e. The van der Waals surface area contributed by atoms with Crippen molar-refractivity contribution in [2.24, 2.45) is 0 Å². The van der Waals surface area contributed by atoms with E-state index in [0.29, 0.717) is 4.47 Å². The van der Waals surface area contributed by atoms with Gasteiger partial charge in [-0.25, -0.2) is 22.4 Å². The average molecular weight is 475 g/mol. The van der Waals surface area contributed by atoms with Gasteiger partial charge in [-0.1, -0.05) is 18.2 Å². The van der Waals surface area contributed by atoms with Crippen molar-refractivity contribution in [3.05, 3.63) is 82.5 Å². The van der Waals surface area contributed by atoms with Crippen molar-refractivity contribution in [3.8, 4) is 0 Å². The van der Waals surface area contributed by atoms with Crippen molar-refractivity contribution >= 4 is 48.6 Å². The van der Waals surface area contributed by atoms with E-state index >= 15 is 0 Å². The molecule has 29 heavy (non-hydrogen) atoms. The lowest BCUT2D eigenvalue weighted by molar-refractivity contribution is 0.103. The summed E-state index contributed by atoms with van der Waals surface area (Å²) in [6.45, 7) is 0. The maximum Gasteiger partial charge on any atom is 0.269 e. The molecule has 0 amide bonds. The van der Waals surface area contributed by atoms with Gasteiger partial charge in [-0.05, 0) is 46.3 Å². The van der Waals surface area contributed by atoms with Crippen LogP contribution in [0.15, 0.2) is 70.3 Å². The van der Waals surface area contributed by atoms with Crippen molar-refractivity contribution in [1.29, 1.82) is 0 Å². The average Bonchev–Trinajstić information content (AvgIpc) is 3.07. The van der Waals surface area contributed by atoms with E-state index in [4.69, 9.17) is 5.73 Å². The number of carbonyl (C=O) groups excluding carboxylic acids is 1. The Balaban J connectivity index is 1.97. The summed E-state index contributed by atoms with van der Waals surface area (Å²) in [5, 5.41) is 0.250. The van der Waals surface area contributed by atoms with Crippen molar-refractivity contribution in [1.82, 2.24) is 13.9 Å². The van der Waals surface area contributed by atoms with E-state index in [0.717, 1.165) is 10.2 Å². The molecule has 0 aliphatic heterocycles. The molecule has 7 nitrogen and oxygen atoms in total. The number of pyridine rings is 2. The molecule has 2 N–H and O–H groups in total. The summed E-state index contributed by atoms with van der Waals surface area (Å²) < 4.78 is 41.9. The number of nitrogen functional groups attached to an aromatic ring is 1. The maximum absolute atomic E-state index is 14.2. The first-order valence-electron chi connectivity index (χ1n) is 8.23. The summed E-state index contributed by atoms with van der Waals surface area (Å²) in [7, 11) is -4.03. The number of ketones is 1. The zero-order valence-corrected chi connectivity index (χ0v) is 17.0. The molecular weight excluding hydrogens is 463 g/mol. The van der Waals surface area contributed by atoms with Crippen LogP contribution in [0.25, 0.3) is 11.0 Å². The minimum Gasteiger partial charge on any atom is -0.384 e. The van der Waals surface area contributed by atoms with E-state index in [2.05, 4.69) is 25.9 Å². The Morgan fingerprint density at radius 3 is 2.52 bits per heavy atom. The fraction of sp³-hybridized carbons (Fsp3) is 0. The summed E-state index contributed by atoms with van der Waals surface area (Å²) in [6, 6.07) is 11.8. The standard InChI is InChI=1S/C19H12BrFN4O3S/c20-11-8-14-15(17(26)13-6-7-16(22)24-18(13)21)10-25(19(14)23-9-11)29(27,28)12-4-2-1-3-5-12/h1-10H,(H2,22,24). The van der Waals surface area contributed by atoms with E-state index in [-0.39, 0.29) is 32.9 Å². The highest BCUT2D eigenvalue weighted by Crippen LogP contribution is 2.29. The monoisotopic (exact) mass is 474 g/mol. The number of nitrogens with zero attached hydrogens (tertiary/aromatic N) is 3. The number of fused-ring (bicyclic) bond motifs is 1. The third-order valence-corrected chi connectivity index (χ3v) is 6.34. The van der Waals surface area contributed by atoms with Crippen LogP contribution in [0.2, 0.25) is 0 Å². The fourth-order valence-electron chi connectivity index (χ4n) is 2.89. The van der Waals surface area contributed by atoms with Crippen LogP contribution < -0.4 is 5.73 Å². The van der Waals surface area contributed by atoms with Gasteiger partial charge in [-0.3, -0.25) is 4.79 Å². The number of anilines is 1. The highest BCUT2D eigenvalue weighted by atomic mass is 79.9. The first-order chi connectivity index (χ1) is 13.8. The lowest BCUT2D eigenvalue weighted by Gasteiger charge is -2.06. The van der Waals surface area contributed by atoms with E-state index in [1.807, 2.05) is 0 Å². The fourth-order valence-corrected chi connectivity index (χ4v) is 4.56. The number of hydrogen-bond donors (Lipinski definition) is 1. The molecule has 0 unspecified atom stereocenters. The number of halogens is 2. The number of benzene rings is 1. The topological polar surface area (TPSA) is 108 Å². The second-order valence-electron chi connectivity index (χ2n) is 6.09. The summed E-state index contributed by atoms with van der Waals surface area (Å²) in [5.74, 6) is -1.84. The van der Waals surface area contributed by atoms with Gasteiger partial charge in [-0.15, -0.1) is 0 Å². The Morgan fingerprint density at radius 1 is 1.10 bits per heavy atom. The number of carbonyl (C=O) groups is 1. The molecule has 3 heterocycles. The Kier molecular flexibility index (Phi) is 4.67. The van der Waals surface area contributed by atoms with Crippen molar-refractivity contribution in [2.75, 3.05) is 5.73 Å². The van der Waals surface area contributed by atoms with Crippen molar-refractivity contribution in [2.45, 2.75) is 4.90 Å². The second kappa shape index (κ2) is 7.05. The summed E-state index contributed by atoms with van der Waals surface area (Å²) in [5.41, 5.74) is 5.13. The molecule has 3 aromatic heterocycles. The molecular formula is C19H12BrFN4O3S. The Bertz CT molecular complexity index is 1370. The van der Waals surface area contributed by atoms with Gasteiger partial charge in [0.25, 0.3) is 10.0 Å². The van der Waals surface area contributed by atoms with Crippen LogP contribution in [0.1, 0.15) is 15.9 Å². The third-order valence-electron chi connectivity index (χ3n) is 4.24. The van der Waals surface area contributed by atoms with Crippen LogP contribution in [-0.4, -0.2) is 28.1 Å². The van der Waals surface area contributed by atoms with Crippen LogP contribution in [-0.2, 0) is 10.0 Å². The zero-order chi connectivity index (χ0) is 20.8. The molecule has 0 aliphatic carbocycles. The molecule has 0 saturated heterocycles. The van der Waals surface area contributed by atoms with Gasteiger partial charge in [0.05, 0.1) is 16.0 Å². The molecule has 146 valence electrons. The summed E-state index contributed by atoms with van der Waals surface area (Å²) >= 11 is 3.27. The van der Waals surface area contributed by atoms with E-state index in [1.165, 1.54) is 30.5 Å². The summed E-state index contributed by atoms with van der Waals surface area (Å²) in [6.07, 6.45) is 2.56. The molecule has 4 aromatic rings. The van der Waals surface area contributed by atoms with Gasteiger partial charge < -0.3 is 5.73 Å². The molecule has 0 saturated carbocycles. The minimum absolute atomic E-state index is 0.0287. The Hall–Kier alpha value is -3.11. The van der Waals surface area contributed by atoms with E-state index in [9.17, 15) is 17.6 Å². The minimum atomic E-state index is -4.03. The molecule has 0 radical (unpaired) electrons. The first-order valence-corrected chi connectivity index (χ1v) is 10.5. The largest absolute Gasteiger partial charge is 0.384 e. The predicted molar refractivity (Wildman–Crippen MR) is 108 cm³/mol. The van der Waals surface area contributed by atoms with Crippen LogP contribution in [0.5, 0.6) is 0 Å². The number of hydrogen-bond acceptors (Lipinski definition) is 6. The normalized spacial score (nSPS) is 11.7. The highest BCUT2D eigenvalue weighted by molar-refractivity contribution is 9.10. The number of rotatable bonds is 4. The predicted octanol–water partition coefficient (Wildman–Crippen LogP) is 3.38. The van der Waals surface area contributed by atoms with Crippen molar-refractivity contribution in [3.63, 3.8) is 0 Å². The first kappa shape index (κ1) is 19.2. The van der Waals surface area contributed by atoms with Gasteiger partial charge in [0.1, 0.15) is 5.82 Å². The lowest BCUT2D eigenvalue weighted by atomic mass is 10.0. The molecule has 0 bridgehead atoms. The third kappa shape index (κ3) is 3.30. The maximum atomic E-state index is 14.2. The molecule has 0 spiro atoms. The molecule has 0 atom stereocenters. The molecule has 0 fully saturated rings. The van der Waals surface area contributed by atoms with Gasteiger partial charge in [0.15, 0.2) is 11.4 Å². The van der Waals surface area contributed by atoms with Crippen LogP contribution in [0.3, 0.4) is 0 Å². The molecule has 1 aromatic carbocycles. The van der Waals surface area contributed by atoms with E-state index < -0.39 is 21.8 Å². The van der Waals surface area contributed by atoms with Gasteiger partial charge in [-0.2, -0.15) is 4.39 Å². The Labute approximate surface area is 173 Å². The zero-order valence-electron chi connectivity index (χ0n) is 14.6. The van der Waals surface area contributed by atoms with E-state index in [1.54, 1.807) is 24.3 Å². The number of nitrogens with two attached hydrogens (primary N) is 1. The van der Waals surface area contributed by atoms with Crippen LogP contribution in [0, 0.1) is 5.95 Å². The molecule has 10 heteroatoms. The SMILES string of the molecule is Nc1ccc(C(=O)c2cn(S(=O)(=O)c3ccccc3)c3ncc(Br)cc23)c(F)n1. The van der Waals surface area contributed by atoms with Crippen LogP contribution in [0.4, 0.5) is 10.2 Å².